The van der Waals surface area contributed by atoms with Crippen molar-refractivity contribution in [3.63, 3.8) is 0 Å². The highest BCUT2D eigenvalue weighted by molar-refractivity contribution is 7.07. The highest BCUT2D eigenvalue weighted by Gasteiger charge is 2.07. The van der Waals surface area contributed by atoms with Crippen LogP contribution in [0.25, 0.3) is 0 Å². The summed E-state index contributed by atoms with van der Waals surface area (Å²) in [4.78, 5) is 8.85. The minimum atomic E-state index is 0.580. The van der Waals surface area contributed by atoms with Gasteiger partial charge in [0.2, 0.25) is 0 Å². The Balaban J connectivity index is 2.02. The zero-order valence-electron chi connectivity index (χ0n) is 11.4. The minimum Gasteiger partial charge on any atom is -0.383 e. The average molecular weight is 276 g/mol. The molecule has 2 aromatic rings. The van der Waals surface area contributed by atoms with E-state index < -0.39 is 0 Å². The Morgan fingerprint density at radius 2 is 2.16 bits per heavy atom. The Labute approximate surface area is 118 Å². The quantitative estimate of drug-likeness (QED) is 0.851. The van der Waals surface area contributed by atoms with Gasteiger partial charge in [-0.1, -0.05) is 6.92 Å². The molecule has 0 aliphatic rings. The third kappa shape index (κ3) is 3.67. The van der Waals surface area contributed by atoms with Crippen LogP contribution in [0.5, 0.6) is 0 Å². The van der Waals surface area contributed by atoms with Crippen LogP contribution in [0.1, 0.15) is 30.3 Å². The van der Waals surface area contributed by atoms with Crippen molar-refractivity contribution in [1.82, 2.24) is 9.97 Å². The average Bonchev–Trinajstić information content (AvgIpc) is 2.88. The highest BCUT2D eigenvalue weighted by Crippen LogP contribution is 2.18. The fraction of sp³-hybridized carbons (Fsp3) is 0.429. The first kappa shape index (κ1) is 13.8. The van der Waals surface area contributed by atoms with Gasteiger partial charge in [0.15, 0.2) is 0 Å². The number of hydrogen-bond acceptors (Lipinski definition) is 5. The monoisotopic (exact) mass is 276 g/mol. The maximum atomic E-state index is 5.93. The van der Waals surface area contributed by atoms with Crippen LogP contribution in [0, 0.1) is 6.92 Å². The Morgan fingerprint density at radius 3 is 2.84 bits per heavy atom. The molecule has 2 rings (SSSR count). The molecule has 0 aliphatic heterocycles. The molecular weight excluding hydrogens is 256 g/mol. The summed E-state index contributed by atoms with van der Waals surface area (Å²) >= 11 is 1.73. The van der Waals surface area contributed by atoms with Crippen molar-refractivity contribution in [1.29, 1.82) is 0 Å². The van der Waals surface area contributed by atoms with Crippen molar-refractivity contribution in [3.05, 3.63) is 33.8 Å². The Hall–Kier alpha value is -1.62. The minimum absolute atomic E-state index is 0.580. The summed E-state index contributed by atoms with van der Waals surface area (Å²) in [5, 5.41) is 7.64. The molecule has 0 radical (unpaired) electrons. The number of thiophene rings is 1. The van der Waals surface area contributed by atoms with Crippen molar-refractivity contribution in [2.24, 2.45) is 0 Å². The lowest BCUT2D eigenvalue weighted by Crippen LogP contribution is -2.11. The van der Waals surface area contributed by atoms with Crippen LogP contribution in [0.4, 0.5) is 11.6 Å². The van der Waals surface area contributed by atoms with Gasteiger partial charge >= 0.3 is 0 Å². The number of aryl methyl sites for hydroxylation is 1. The maximum absolute atomic E-state index is 5.93. The van der Waals surface area contributed by atoms with E-state index in [1.807, 2.05) is 6.92 Å². The van der Waals surface area contributed by atoms with Gasteiger partial charge < -0.3 is 11.1 Å². The fourth-order valence-electron chi connectivity index (χ4n) is 1.85. The molecule has 0 aromatic carbocycles. The predicted molar refractivity (Wildman–Crippen MR) is 81.7 cm³/mol. The SMILES string of the molecule is CCCc1nc(N)c(C)c(NCCc2ccsc2)n1. The van der Waals surface area contributed by atoms with Gasteiger partial charge in [-0.15, -0.1) is 0 Å². The summed E-state index contributed by atoms with van der Waals surface area (Å²) in [5.74, 6) is 2.27. The molecule has 19 heavy (non-hydrogen) atoms. The number of hydrogen-bond donors (Lipinski definition) is 2. The number of nitrogens with two attached hydrogens (primary N) is 1. The predicted octanol–water partition coefficient (Wildman–Crippen LogP) is 3.04. The molecule has 102 valence electrons. The number of anilines is 2. The lowest BCUT2D eigenvalue weighted by atomic mass is 10.2. The van der Waals surface area contributed by atoms with Gasteiger partial charge in [-0.05, 0) is 42.2 Å². The number of rotatable bonds is 6. The fourth-order valence-corrected chi connectivity index (χ4v) is 2.55. The van der Waals surface area contributed by atoms with Crippen molar-refractivity contribution < 1.29 is 0 Å². The molecule has 5 heteroatoms. The van der Waals surface area contributed by atoms with E-state index >= 15 is 0 Å². The van der Waals surface area contributed by atoms with E-state index in [4.69, 9.17) is 5.73 Å². The van der Waals surface area contributed by atoms with E-state index in [2.05, 4.69) is 39.0 Å². The Kier molecular flexibility index (Phi) is 4.74. The third-order valence-electron chi connectivity index (χ3n) is 2.99. The standard InChI is InChI=1S/C14H20N4S/c1-3-4-12-17-13(15)10(2)14(18-12)16-7-5-11-6-8-19-9-11/h6,8-9H,3-5,7H2,1-2H3,(H3,15,16,17,18). The zero-order valence-corrected chi connectivity index (χ0v) is 12.3. The van der Waals surface area contributed by atoms with Gasteiger partial charge in [0.25, 0.3) is 0 Å². The van der Waals surface area contributed by atoms with Crippen LogP contribution in [-0.2, 0) is 12.8 Å². The van der Waals surface area contributed by atoms with Crippen LogP contribution in [0.15, 0.2) is 16.8 Å². The molecule has 3 N–H and O–H groups in total. The number of nitrogens with one attached hydrogen (secondary N) is 1. The largest absolute Gasteiger partial charge is 0.383 e. The Bertz CT molecular complexity index is 522. The van der Waals surface area contributed by atoms with Gasteiger partial charge in [-0.25, -0.2) is 9.97 Å². The van der Waals surface area contributed by atoms with Crippen LogP contribution in [0.2, 0.25) is 0 Å². The van der Waals surface area contributed by atoms with Gasteiger partial charge in [0, 0.05) is 18.5 Å². The molecule has 0 atom stereocenters. The summed E-state index contributed by atoms with van der Waals surface area (Å²) in [6.07, 6.45) is 2.89. The van der Waals surface area contributed by atoms with Crippen molar-refractivity contribution in [2.45, 2.75) is 33.1 Å². The first-order valence-corrected chi connectivity index (χ1v) is 7.53. The van der Waals surface area contributed by atoms with E-state index in [0.29, 0.717) is 5.82 Å². The first-order chi connectivity index (χ1) is 9.20. The number of aromatic nitrogens is 2. The summed E-state index contributed by atoms with van der Waals surface area (Å²) in [5.41, 5.74) is 8.22. The van der Waals surface area contributed by atoms with Gasteiger partial charge in [0.1, 0.15) is 17.5 Å². The lowest BCUT2D eigenvalue weighted by Gasteiger charge is -2.11. The van der Waals surface area contributed by atoms with E-state index in [9.17, 15) is 0 Å². The topological polar surface area (TPSA) is 63.8 Å². The molecule has 2 heterocycles. The molecule has 0 unspecified atom stereocenters. The molecule has 0 saturated heterocycles. The first-order valence-electron chi connectivity index (χ1n) is 6.58. The molecule has 0 fully saturated rings. The van der Waals surface area contributed by atoms with Crippen molar-refractivity contribution in [2.75, 3.05) is 17.6 Å². The van der Waals surface area contributed by atoms with Gasteiger partial charge in [-0.2, -0.15) is 11.3 Å². The van der Waals surface area contributed by atoms with Crippen LogP contribution >= 0.6 is 11.3 Å². The van der Waals surface area contributed by atoms with E-state index in [1.165, 1.54) is 5.56 Å². The summed E-state index contributed by atoms with van der Waals surface area (Å²) in [6.45, 7) is 4.93. The van der Waals surface area contributed by atoms with Gasteiger partial charge in [-0.3, -0.25) is 0 Å². The molecular formula is C14H20N4S. The molecule has 0 saturated carbocycles. The second kappa shape index (κ2) is 6.52. The van der Waals surface area contributed by atoms with Crippen LogP contribution < -0.4 is 11.1 Å². The third-order valence-corrected chi connectivity index (χ3v) is 3.72. The smallest absolute Gasteiger partial charge is 0.134 e. The number of nitrogen functional groups attached to an aromatic ring is 1. The normalized spacial score (nSPS) is 10.6. The molecule has 0 amide bonds. The van der Waals surface area contributed by atoms with E-state index in [1.54, 1.807) is 11.3 Å². The van der Waals surface area contributed by atoms with Crippen molar-refractivity contribution in [3.8, 4) is 0 Å². The highest BCUT2D eigenvalue weighted by atomic mass is 32.1. The molecule has 0 bridgehead atoms. The second-order valence-corrected chi connectivity index (χ2v) is 5.34. The summed E-state index contributed by atoms with van der Waals surface area (Å²) in [6, 6.07) is 2.15. The lowest BCUT2D eigenvalue weighted by molar-refractivity contribution is 0.832. The van der Waals surface area contributed by atoms with E-state index in [0.717, 1.165) is 43.0 Å². The van der Waals surface area contributed by atoms with Crippen LogP contribution in [-0.4, -0.2) is 16.5 Å². The molecule has 0 aliphatic carbocycles. The van der Waals surface area contributed by atoms with Gasteiger partial charge in [0.05, 0.1) is 0 Å². The molecule has 4 nitrogen and oxygen atoms in total. The molecule has 2 aromatic heterocycles. The van der Waals surface area contributed by atoms with E-state index in [-0.39, 0.29) is 0 Å². The second-order valence-electron chi connectivity index (χ2n) is 4.56. The molecule has 0 spiro atoms. The number of nitrogens with zero attached hydrogens (tertiary/aromatic N) is 2. The maximum Gasteiger partial charge on any atom is 0.134 e. The van der Waals surface area contributed by atoms with Crippen molar-refractivity contribution >= 4 is 23.0 Å². The van der Waals surface area contributed by atoms with Crippen LogP contribution in [0.3, 0.4) is 0 Å². The summed E-state index contributed by atoms with van der Waals surface area (Å²) in [7, 11) is 0. The Morgan fingerprint density at radius 1 is 1.32 bits per heavy atom. The summed E-state index contributed by atoms with van der Waals surface area (Å²) < 4.78 is 0. The zero-order chi connectivity index (χ0) is 13.7.